The van der Waals surface area contributed by atoms with E-state index in [-0.39, 0.29) is 0 Å². The van der Waals surface area contributed by atoms with Crippen LogP contribution in [0.2, 0.25) is 0 Å². The molecule has 2 aromatic heterocycles. The normalized spacial score (nSPS) is 11.1. The van der Waals surface area contributed by atoms with Gasteiger partial charge in [0.2, 0.25) is 0 Å². The molecule has 3 heteroatoms. The predicted molar refractivity (Wildman–Crippen MR) is 67.8 cm³/mol. The van der Waals surface area contributed by atoms with Gasteiger partial charge in [0.1, 0.15) is 5.82 Å². The van der Waals surface area contributed by atoms with E-state index < -0.39 is 0 Å². The van der Waals surface area contributed by atoms with Crippen LogP contribution in [0.25, 0.3) is 11.0 Å². The van der Waals surface area contributed by atoms with Gasteiger partial charge in [-0.1, -0.05) is 18.2 Å². The molecule has 0 radical (unpaired) electrons. The second-order valence-electron chi connectivity index (χ2n) is 3.83. The molecule has 16 heavy (non-hydrogen) atoms. The molecule has 0 saturated heterocycles. The van der Waals surface area contributed by atoms with Gasteiger partial charge in [-0.25, -0.2) is 4.98 Å². The Kier molecular flexibility index (Phi) is 2.26. The molecule has 0 aliphatic rings. The van der Waals surface area contributed by atoms with Crippen molar-refractivity contribution in [2.75, 3.05) is 0 Å². The van der Waals surface area contributed by atoms with Crippen LogP contribution >= 0.6 is 11.3 Å². The predicted octanol–water partition coefficient (Wildman–Crippen LogP) is 3.23. The first-order valence-corrected chi connectivity index (χ1v) is 6.15. The van der Waals surface area contributed by atoms with Crippen LogP contribution in [0.3, 0.4) is 0 Å². The van der Waals surface area contributed by atoms with Crippen molar-refractivity contribution in [3.63, 3.8) is 0 Å². The summed E-state index contributed by atoms with van der Waals surface area (Å²) in [6.45, 7) is 0. The molecule has 80 valence electrons. The summed E-state index contributed by atoms with van der Waals surface area (Å²) in [6, 6.07) is 12.5. The lowest BCUT2D eigenvalue weighted by molar-refractivity contribution is 0.850. The van der Waals surface area contributed by atoms with E-state index in [9.17, 15) is 0 Å². The smallest absolute Gasteiger partial charge is 0.114 e. The van der Waals surface area contributed by atoms with Crippen LogP contribution in [0.5, 0.6) is 0 Å². The van der Waals surface area contributed by atoms with Crippen molar-refractivity contribution in [2.45, 2.75) is 6.42 Å². The third-order valence-electron chi connectivity index (χ3n) is 2.79. The maximum absolute atomic E-state index is 4.66. The molecule has 2 nitrogen and oxygen atoms in total. The van der Waals surface area contributed by atoms with Gasteiger partial charge >= 0.3 is 0 Å². The van der Waals surface area contributed by atoms with E-state index in [0.717, 1.165) is 17.8 Å². The van der Waals surface area contributed by atoms with Gasteiger partial charge < -0.3 is 4.57 Å². The first-order chi connectivity index (χ1) is 7.84. The lowest BCUT2D eigenvalue weighted by Gasteiger charge is -1.99. The van der Waals surface area contributed by atoms with Crippen LogP contribution in [-0.4, -0.2) is 9.55 Å². The lowest BCUT2D eigenvalue weighted by atomic mass is 10.3. The number of nitrogens with zero attached hydrogens (tertiary/aromatic N) is 2. The van der Waals surface area contributed by atoms with E-state index in [1.165, 1.54) is 10.4 Å². The summed E-state index contributed by atoms with van der Waals surface area (Å²) in [7, 11) is 2.08. The van der Waals surface area contributed by atoms with E-state index in [1.807, 2.05) is 6.07 Å². The number of hydrogen-bond donors (Lipinski definition) is 0. The Labute approximate surface area is 98.2 Å². The second kappa shape index (κ2) is 3.76. The first-order valence-electron chi connectivity index (χ1n) is 5.27. The molecular weight excluding hydrogens is 216 g/mol. The average molecular weight is 228 g/mol. The highest BCUT2D eigenvalue weighted by atomic mass is 32.1. The lowest BCUT2D eigenvalue weighted by Crippen LogP contribution is -1.97. The third-order valence-corrected chi connectivity index (χ3v) is 3.67. The highest BCUT2D eigenvalue weighted by Crippen LogP contribution is 2.18. The molecule has 0 spiro atoms. The number of aryl methyl sites for hydroxylation is 1. The van der Waals surface area contributed by atoms with Gasteiger partial charge in [-0.2, -0.15) is 0 Å². The molecule has 0 aliphatic heterocycles. The quantitative estimate of drug-likeness (QED) is 0.658. The molecule has 3 rings (SSSR count). The van der Waals surface area contributed by atoms with E-state index >= 15 is 0 Å². The van der Waals surface area contributed by atoms with Crippen LogP contribution in [0, 0.1) is 0 Å². The molecule has 0 fully saturated rings. The molecule has 0 amide bonds. The fraction of sp³-hybridized carbons (Fsp3) is 0.154. The Hall–Kier alpha value is -1.61. The van der Waals surface area contributed by atoms with Gasteiger partial charge in [-0.05, 0) is 23.6 Å². The van der Waals surface area contributed by atoms with Crippen molar-refractivity contribution in [2.24, 2.45) is 7.05 Å². The highest BCUT2D eigenvalue weighted by Gasteiger charge is 2.07. The van der Waals surface area contributed by atoms with Crippen LogP contribution in [0.4, 0.5) is 0 Å². The first kappa shape index (κ1) is 9.60. The fourth-order valence-electron chi connectivity index (χ4n) is 1.92. The van der Waals surface area contributed by atoms with E-state index in [2.05, 4.69) is 52.3 Å². The van der Waals surface area contributed by atoms with Crippen LogP contribution < -0.4 is 0 Å². The average Bonchev–Trinajstić information content (AvgIpc) is 2.90. The zero-order valence-electron chi connectivity index (χ0n) is 9.05. The van der Waals surface area contributed by atoms with Crippen LogP contribution in [0.1, 0.15) is 10.7 Å². The minimum absolute atomic E-state index is 0.919. The molecule has 0 bridgehead atoms. The summed E-state index contributed by atoms with van der Waals surface area (Å²) in [5.41, 5.74) is 2.28. The molecule has 0 unspecified atom stereocenters. The Morgan fingerprint density at radius 2 is 2.06 bits per heavy atom. The van der Waals surface area contributed by atoms with E-state index in [1.54, 1.807) is 11.3 Å². The van der Waals surface area contributed by atoms with E-state index in [4.69, 9.17) is 0 Å². The molecule has 3 aromatic rings. The molecule has 0 N–H and O–H groups in total. The number of hydrogen-bond acceptors (Lipinski definition) is 2. The second-order valence-corrected chi connectivity index (χ2v) is 4.86. The molecule has 0 saturated carbocycles. The number of imidazole rings is 1. The fourth-order valence-corrected chi connectivity index (χ4v) is 2.62. The summed E-state index contributed by atoms with van der Waals surface area (Å²) in [4.78, 5) is 6.02. The summed E-state index contributed by atoms with van der Waals surface area (Å²) in [6.07, 6.45) is 0.919. The summed E-state index contributed by atoms with van der Waals surface area (Å²) in [5.74, 6) is 1.13. The van der Waals surface area contributed by atoms with Gasteiger partial charge in [0, 0.05) is 18.3 Å². The Bertz CT molecular complexity index is 608. The molecular formula is C13H12N2S. The van der Waals surface area contributed by atoms with Crippen molar-refractivity contribution >= 4 is 22.4 Å². The number of para-hydroxylation sites is 2. The van der Waals surface area contributed by atoms with Gasteiger partial charge in [0.05, 0.1) is 11.0 Å². The highest BCUT2D eigenvalue weighted by molar-refractivity contribution is 7.09. The maximum Gasteiger partial charge on any atom is 0.114 e. The van der Waals surface area contributed by atoms with Gasteiger partial charge in [0.15, 0.2) is 0 Å². The summed E-state index contributed by atoms with van der Waals surface area (Å²) < 4.78 is 2.18. The van der Waals surface area contributed by atoms with Gasteiger partial charge in [-0.15, -0.1) is 11.3 Å². The minimum atomic E-state index is 0.919. The maximum atomic E-state index is 4.66. The minimum Gasteiger partial charge on any atom is -0.331 e. The van der Waals surface area contributed by atoms with Crippen LogP contribution in [-0.2, 0) is 13.5 Å². The van der Waals surface area contributed by atoms with Crippen molar-refractivity contribution in [3.8, 4) is 0 Å². The van der Waals surface area contributed by atoms with Gasteiger partial charge in [-0.3, -0.25) is 0 Å². The number of thiophene rings is 1. The third kappa shape index (κ3) is 1.53. The van der Waals surface area contributed by atoms with Crippen LogP contribution in [0.15, 0.2) is 41.8 Å². The monoisotopic (exact) mass is 228 g/mol. The molecule has 0 aliphatic carbocycles. The largest absolute Gasteiger partial charge is 0.331 e. The standard InChI is InChI=1S/C13H12N2S/c1-15-12-7-3-2-6-11(12)14-13(15)9-10-5-4-8-16-10/h2-8H,9H2,1H3. The molecule has 2 heterocycles. The SMILES string of the molecule is Cn1c(Cc2cccs2)nc2ccccc21. The molecule has 0 atom stereocenters. The topological polar surface area (TPSA) is 17.8 Å². The number of rotatable bonds is 2. The van der Waals surface area contributed by atoms with Gasteiger partial charge in [0.25, 0.3) is 0 Å². The van der Waals surface area contributed by atoms with E-state index in [0.29, 0.717) is 0 Å². The Morgan fingerprint density at radius 1 is 1.19 bits per heavy atom. The Balaban J connectivity index is 2.07. The summed E-state index contributed by atoms with van der Waals surface area (Å²) in [5, 5.41) is 2.11. The van der Waals surface area contributed by atoms with Crippen molar-refractivity contribution < 1.29 is 0 Å². The zero-order chi connectivity index (χ0) is 11.0. The van der Waals surface area contributed by atoms with Crippen molar-refractivity contribution in [1.29, 1.82) is 0 Å². The number of aromatic nitrogens is 2. The number of benzene rings is 1. The Morgan fingerprint density at radius 3 is 2.81 bits per heavy atom. The molecule has 1 aromatic carbocycles. The number of fused-ring (bicyclic) bond motifs is 1. The van der Waals surface area contributed by atoms with Crippen molar-refractivity contribution in [1.82, 2.24) is 9.55 Å². The summed E-state index contributed by atoms with van der Waals surface area (Å²) >= 11 is 1.78. The zero-order valence-corrected chi connectivity index (χ0v) is 9.87. The van der Waals surface area contributed by atoms with Crippen molar-refractivity contribution in [3.05, 3.63) is 52.5 Å².